The van der Waals surface area contributed by atoms with E-state index in [-0.39, 0.29) is 30.0 Å². The normalized spacial score (nSPS) is 14.6. The molecule has 5 rings (SSSR count). The standard InChI is InChI=1S/C38H40F4N4O5/c1-4-50-34-20-36(51-23-25-5-9-31(49-3)10-6-25)44-21-32(34)26-7-8-27(33(39)17-26)18-35(47)45-30-16-28(15-29(19-30)38(40,41)42)37(48)43-12-14-46-13-11-24(2)22-46/h5-10,15-17,19-21,24H,4,11-14,18,22-23H2,1-3H3,(H,43,48)(H,45,47)/t24-/m1/s1. The molecule has 0 unspecified atom stereocenters. The van der Waals surface area contributed by atoms with Crippen molar-refractivity contribution in [1.82, 2.24) is 15.2 Å². The van der Waals surface area contributed by atoms with Crippen molar-refractivity contribution in [3.05, 3.63) is 101 Å². The number of halogens is 4. The van der Waals surface area contributed by atoms with E-state index < -0.39 is 35.8 Å². The average molecular weight is 709 g/mol. The highest BCUT2D eigenvalue weighted by molar-refractivity contribution is 5.98. The zero-order chi connectivity index (χ0) is 36.5. The van der Waals surface area contributed by atoms with Crippen LogP contribution >= 0.6 is 0 Å². The molecule has 3 aromatic carbocycles. The summed E-state index contributed by atoms with van der Waals surface area (Å²) < 4.78 is 73.3. The summed E-state index contributed by atoms with van der Waals surface area (Å²) in [7, 11) is 1.59. The number of nitrogens with one attached hydrogen (secondary N) is 2. The SMILES string of the molecule is CCOc1cc(OCc2ccc(OC)cc2)ncc1-c1ccc(CC(=O)Nc2cc(C(=O)NCCN3CC[C@@H](C)C3)cc(C(F)(F)F)c2)c(F)c1. The van der Waals surface area contributed by atoms with Gasteiger partial charge < -0.3 is 29.7 Å². The molecule has 0 aliphatic carbocycles. The van der Waals surface area contributed by atoms with Gasteiger partial charge in [-0.05, 0) is 78.9 Å². The lowest BCUT2D eigenvalue weighted by atomic mass is 10.0. The maximum absolute atomic E-state index is 15.4. The van der Waals surface area contributed by atoms with Gasteiger partial charge in [0, 0.05) is 48.7 Å². The van der Waals surface area contributed by atoms with Crippen molar-refractivity contribution in [1.29, 1.82) is 0 Å². The Balaban J connectivity index is 1.24. The van der Waals surface area contributed by atoms with Crippen LogP contribution in [0.25, 0.3) is 11.1 Å². The third-order valence-corrected chi connectivity index (χ3v) is 8.43. The quantitative estimate of drug-likeness (QED) is 0.134. The molecule has 2 amide bonds. The summed E-state index contributed by atoms with van der Waals surface area (Å²) in [5.74, 6) is -0.156. The molecule has 270 valence electrons. The minimum absolute atomic E-state index is 0.0165. The van der Waals surface area contributed by atoms with Gasteiger partial charge in [0.2, 0.25) is 11.8 Å². The van der Waals surface area contributed by atoms with Crippen LogP contribution in [0, 0.1) is 11.7 Å². The number of pyridine rings is 1. The predicted octanol–water partition coefficient (Wildman–Crippen LogP) is 7.15. The molecule has 0 radical (unpaired) electrons. The lowest BCUT2D eigenvalue weighted by molar-refractivity contribution is -0.137. The topological polar surface area (TPSA) is 102 Å². The molecule has 0 bridgehead atoms. The van der Waals surface area contributed by atoms with Crippen molar-refractivity contribution in [2.45, 2.75) is 39.5 Å². The third kappa shape index (κ3) is 10.2. The number of carbonyl (C=O) groups is 2. The molecule has 51 heavy (non-hydrogen) atoms. The fourth-order valence-corrected chi connectivity index (χ4v) is 5.76. The summed E-state index contributed by atoms with van der Waals surface area (Å²) in [5.41, 5.74) is 0.273. The van der Waals surface area contributed by atoms with E-state index in [1.807, 2.05) is 24.3 Å². The van der Waals surface area contributed by atoms with Gasteiger partial charge >= 0.3 is 6.18 Å². The summed E-state index contributed by atoms with van der Waals surface area (Å²) in [6, 6.07) is 15.9. The molecule has 4 aromatic rings. The molecule has 1 aliphatic heterocycles. The molecule has 1 atom stereocenters. The van der Waals surface area contributed by atoms with Crippen LogP contribution in [0.2, 0.25) is 0 Å². The maximum Gasteiger partial charge on any atom is 0.416 e. The van der Waals surface area contributed by atoms with Crippen molar-refractivity contribution in [2.75, 3.05) is 45.2 Å². The number of aromatic nitrogens is 1. The lowest BCUT2D eigenvalue weighted by Gasteiger charge is -2.16. The van der Waals surface area contributed by atoms with Gasteiger partial charge in [0.25, 0.3) is 5.91 Å². The second-order valence-electron chi connectivity index (χ2n) is 12.4. The zero-order valence-corrected chi connectivity index (χ0v) is 28.6. The number of rotatable bonds is 14. The van der Waals surface area contributed by atoms with E-state index in [0.717, 1.165) is 43.0 Å². The van der Waals surface area contributed by atoms with E-state index in [4.69, 9.17) is 14.2 Å². The fraction of sp³-hybridized carbons (Fsp3) is 0.342. The molecule has 2 heterocycles. The second-order valence-corrected chi connectivity index (χ2v) is 12.4. The molecule has 1 saturated heterocycles. The molecule has 9 nitrogen and oxygen atoms in total. The monoisotopic (exact) mass is 708 g/mol. The molecule has 1 aromatic heterocycles. The van der Waals surface area contributed by atoms with Crippen LogP contribution in [-0.2, 0) is 24.0 Å². The van der Waals surface area contributed by atoms with Gasteiger partial charge in [0.1, 0.15) is 23.9 Å². The Labute approximate surface area is 293 Å². The predicted molar refractivity (Wildman–Crippen MR) is 184 cm³/mol. The largest absolute Gasteiger partial charge is 0.497 e. The number of nitrogens with zero attached hydrogens (tertiary/aromatic N) is 2. The van der Waals surface area contributed by atoms with E-state index in [9.17, 15) is 22.8 Å². The second kappa shape index (κ2) is 16.7. The van der Waals surface area contributed by atoms with Crippen LogP contribution in [0.4, 0.5) is 23.2 Å². The van der Waals surface area contributed by atoms with Crippen molar-refractivity contribution in [2.24, 2.45) is 5.92 Å². The van der Waals surface area contributed by atoms with Crippen molar-refractivity contribution >= 4 is 17.5 Å². The summed E-state index contributed by atoms with van der Waals surface area (Å²) in [6.07, 6.45) is -2.67. The summed E-state index contributed by atoms with van der Waals surface area (Å²) in [4.78, 5) is 32.3. The van der Waals surface area contributed by atoms with Crippen LogP contribution in [0.15, 0.2) is 72.9 Å². The van der Waals surface area contributed by atoms with E-state index >= 15 is 4.39 Å². The first-order valence-electron chi connectivity index (χ1n) is 16.6. The first-order valence-corrected chi connectivity index (χ1v) is 16.6. The molecule has 1 fully saturated rings. The van der Waals surface area contributed by atoms with Crippen LogP contribution in [0.3, 0.4) is 0 Å². The highest BCUT2D eigenvalue weighted by atomic mass is 19.4. The molecule has 0 saturated carbocycles. The van der Waals surface area contributed by atoms with Crippen molar-refractivity contribution in [3.8, 4) is 28.5 Å². The molecule has 0 spiro atoms. The summed E-state index contributed by atoms with van der Waals surface area (Å²) >= 11 is 0. The number of methoxy groups -OCH3 is 1. The van der Waals surface area contributed by atoms with E-state index in [0.29, 0.717) is 41.8 Å². The first kappa shape index (κ1) is 37.1. The zero-order valence-electron chi connectivity index (χ0n) is 28.6. The summed E-state index contributed by atoms with van der Waals surface area (Å²) in [6.45, 7) is 7.17. The molecule has 2 N–H and O–H groups in total. The number of alkyl halides is 3. The van der Waals surface area contributed by atoms with E-state index in [1.54, 1.807) is 26.2 Å². The molecule has 1 aliphatic rings. The number of carbonyl (C=O) groups excluding carboxylic acids is 2. The Morgan fingerprint density at radius 1 is 1.02 bits per heavy atom. The lowest BCUT2D eigenvalue weighted by Crippen LogP contribution is -2.34. The van der Waals surface area contributed by atoms with Gasteiger partial charge in [-0.25, -0.2) is 9.37 Å². The smallest absolute Gasteiger partial charge is 0.416 e. The van der Waals surface area contributed by atoms with E-state index in [2.05, 4.69) is 27.4 Å². The number of anilines is 1. The Kier molecular flexibility index (Phi) is 12.1. The molecule has 13 heteroatoms. The van der Waals surface area contributed by atoms with Gasteiger partial charge in [-0.15, -0.1) is 0 Å². The van der Waals surface area contributed by atoms with Crippen LogP contribution in [0.1, 0.15) is 47.3 Å². The van der Waals surface area contributed by atoms with Gasteiger partial charge in [0.15, 0.2) is 0 Å². The van der Waals surface area contributed by atoms with Crippen LogP contribution < -0.4 is 24.8 Å². The van der Waals surface area contributed by atoms with Crippen LogP contribution in [-0.4, -0.2) is 61.6 Å². The van der Waals surface area contributed by atoms with Gasteiger partial charge in [-0.2, -0.15) is 13.2 Å². The Morgan fingerprint density at radius 3 is 2.47 bits per heavy atom. The van der Waals surface area contributed by atoms with Gasteiger partial charge in [0.05, 0.1) is 25.7 Å². The number of ether oxygens (including phenoxy) is 3. The molecular formula is C38H40F4N4O5. The van der Waals surface area contributed by atoms with Gasteiger partial charge in [-0.1, -0.05) is 31.2 Å². The Bertz CT molecular complexity index is 1830. The highest BCUT2D eigenvalue weighted by Crippen LogP contribution is 2.34. The van der Waals surface area contributed by atoms with Gasteiger partial charge in [-0.3, -0.25) is 9.59 Å². The van der Waals surface area contributed by atoms with Crippen LogP contribution in [0.5, 0.6) is 17.4 Å². The van der Waals surface area contributed by atoms with Crippen molar-refractivity contribution in [3.63, 3.8) is 0 Å². The number of amides is 2. The Morgan fingerprint density at radius 2 is 1.80 bits per heavy atom. The minimum atomic E-state index is -4.76. The van der Waals surface area contributed by atoms with E-state index in [1.165, 1.54) is 24.4 Å². The summed E-state index contributed by atoms with van der Waals surface area (Å²) in [5, 5.41) is 5.06. The Hall–Kier alpha value is -5.17. The first-order chi connectivity index (χ1) is 24.4. The average Bonchev–Trinajstić information content (AvgIpc) is 3.52. The highest BCUT2D eigenvalue weighted by Gasteiger charge is 2.32. The molecular weight excluding hydrogens is 668 g/mol. The minimum Gasteiger partial charge on any atom is -0.497 e. The number of benzene rings is 3. The third-order valence-electron chi connectivity index (χ3n) is 8.43. The fourth-order valence-electron chi connectivity index (χ4n) is 5.76. The number of likely N-dealkylation sites (tertiary alicyclic amines) is 1. The number of hydrogen-bond donors (Lipinski definition) is 2. The number of hydrogen-bond acceptors (Lipinski definition) is 7. The maximum atomic E-state index is 15.4. The van der Waals surface area contributed by atoms with Crippen molar-refractivity contribution < 1.29 is 41.4 Å².